The minimum absolute atomic E-state index is 0.0340. The zero-order chi connectivity index (χ0) is 14.3. The number of carbonyl (C=O) groups excluding carboxylic acids is 2. The standard InChI is InChI=1S/C14H14O5/c1-18-13(16)11(14(17)19-2)8-5-7-10-6-3-4-9-12(10)15/h3-4,6,9,11,15H,8H2,1-2H3. The SMILES string of the molecule is COC(=O)C(CC#Cc1ccccc1O)C(=O)OC. The van der Waals surface area contributed by atoms with E-state index in [-0.39, 0.29) is 12.2 Å². The molecule has 0 bridgehead atoms. The Bertz CT molecular complexity index is 508. The fourth-order valence-corrected chi connectivity index (χ4v) is 1.38. The van der Waals surface area contributed by atoms with E-state index in [0.29, 0.717) is 5.56 Å². The Kier molecular flexibility index (Phi) is 5.42. The Morgan fingerprint density at radius 1 is 1.21 bits per heavy atom. The van der Waals surface area contributed by atoms with Gasteiger partial charge in [0.15, 0.2) is 5.92 Å². The number of rotatable bonds is 3. The second-order valence-corrected chi connectivity index (χ2v) is 3.62. The van der Waals surface area contributed by atoms with Crippen molar-refractivity contribution in [2.45, 2.75) is 6.42 Å². The maximum Gasteiger partial charge on any atom is 0.321 e. The van der Waals surface area contributed by atoms with Crippen molar-refractivity contribution in [3.63, 3.8) is 0 Å². The molecule has 100 valence electrons. The fourth-order valence-electron chi connectivity index (χ4n) is 1.38. The maximum absolute atomic E-state index is 11.4. The molecule has 5 nitrogen and oxygen atoms in total. The number of hydrogen-bond donors (Lipinski definition) is 1. The zero-order valence-electron chi connectivity index (χ0n) is 10.7. The highest BCUT2D eigenvalue weighted by molar-refractivity contribution is 5.95. The molecule has 0 amide bonds. The Morgan fingerprint density at radius 3 is 2.32 bits per heavy atom. The monoisotopic (exact) mass is 262 g/mol. The molecular formula is C14H14O5. The summed E-state index contributed by atoms with van der Waals surface area (Å²) < 4.78 is 9.01. The topological polar surface area (TPSA) is 72.8 Å². The average molecular weight is 262 g/mol. The molecule has 0 saturated carbocycles. The Balaban J connectivity index is 2.81. The van der Waals surface area contributed by atoms with Crippen LogP contribution in [0, 0.1) is 17.8 Å². The van der Waals surface area contributed by atoms with Gasteiger partial charge < -0.3 is 14.6 Å². The van der Waals surface area contributed by atoms with Crippen LogP contribution in [0.15, 0.2) is 24.3 Å². The summed E-state index contributed by atoms with van der Waals surface area (Å²) in [6.07, 6.45) is -0.0340. The van der Waals surface area contributed by atoms with Crippen molar-refractivity contribution in [2.24, 2.45) is 5.92 Å². The fraction of sp³-hybridized carbons (Fsp3) is 0.286. The van der Waals surface area contributed by atoms with Gasteiger partial charge in [0, 0.05) is 6.42 Å². The molecule has 0 saturated heterocycles. The van der Waals surface area contributed by atoms with Gasteiger partial charge in [-0.15, -0.1) is 0 Å². The molecule has 1 aromatic carbocycles. The highest BCUT2D eigenvalue weighted by atomic mass is 16.5. The van der Waals surface area contributed by atoms with Gasteiger partial charge in [-0.2, -0.15) is 0 Å². The van der Waals surface area contributed by atoms with Crippen LogP contribution in [0.3, 0.4) is 0 Å². The number of methoxy groups -OCH3 is 2. The predicted molar refractivity (Wildman–Crippen MR) is 67.1 cm³/mol. The maximum atomic E-state index is 11.4. The van der Waals surface area contributed by atoms with Crippen LogP contribution in [0.2, 0.25) is 0 Å². The summed E-state index contributed by atoms with van der Waals surface area (Å²) in [4.78, 5) is 22.8. The summed E-state index contributed by atoms with van der Waals surface area (Å²) in [5, 5.41) is 9.50. The van der Waals surface area contributed by atoms with Gasteiger partial charge in [0.05, 0.1) is 19.8 Å². The summed E-state index contributed by atoms with van der Waals surface area (Å²) in [6, 6.07) is 6.53. The molecule has 0 aliphatic rings. The van der Waals surface area contributed by atoms with E-state index in [2.05, 4.69) is 21.3 Å². The number of carbonyl (C=O) groups is 2. The largest absolute Gasteiger partial charge is 0.507 e. The summed E-state index contributed by atoms with van der Waals surface area (Å²) in [5.41, 5.74) is 0.427. The van der Waals surface area contributed by atoms with Gasteiger partial charge in [-0.1, -0.05) is 24.0 Å². The summed E-state index contributed by atoms with van der Waals surface area (Å²) in [5.74, 6) is 2.92. The molecule has 5 heteroatoms. The normalized spacial score (nSPS) is 9.42. The quantitative estimate of drug-likeness (QED) is 0.501. The second kappa shape index (κ2) is 7.07. The number of benzene rings is 1. The van der Waals surface area contributed by atoms with E-state index in [9.17, 15) is 14.7 Å². The van der Waals surface area contributed by atoms with E-state index in [1.807, 2.05) is 0 Å². The van der Waals surface area contributed by atoms with Crippen molar-refractivity contribution >= 4 is 11.9 Å². The molecular weight excluding hydrogens is 248 g/mol. The molecule has 0 heterocycles. The smallest absolute Gasteiger partial charge is 0.321 e. The highest BCUT2D eigenvalue weighted by Crippen LogP contribution is 2.14. The van der Waals surface area contributed by atoms with E-state index in [1.54, 1.807) is 18.2 Å². The minimum atomic E-state index is -1.08. The second-order valence-electron chi connectivity index (χ2n) is 3.62. The van der Waals surface area contributed by atoms with Crippen molar-refractivity contribution in [2.75, 3.05) is 14.2 Å². The third-order valence-electron chi connectivity index (χ3n) is 2.40. The first kappa shape index (κ1) is 14.6. The van der Waals surface area contributed by atoms with Crippen molar-refractivity contribution in [1.82, 2.24) is 0 Å². The third-order valence-corrected chi connectivity index (χ3v) is 2.40. The molecule has 0 aromatic heterocycles. The number of hydrogen-bond acceptors (Lipinski definition) is 5. The molecule has 0 aliphatic heterocycles. The van der Waals surface area contributed by atoms with Crippen molar-refractivity contribution in [3.8, 4) is 17.6 Å². The number of phenolic OH excluding ortho intramolecular Hbond substituents is 1. The molecule has 0 atom stereocenters. The summed E-state index contributed by atoms with van der Waals surface area (Å²) in [6.45, 7) is 0. The molecule has 0 aliphatic carbocycles. The van der Waals surface area contributed by atoms with Gasteiger partial charge in [-0.25, -0.2) is 0 Å². The van der Waals surface area contributed by atoms with E-state index in [4.69, 9.17) is 0 Å². The van der Waals surface area contributed by atoms with Crippen LogP contribution in [0.1, 0.15) is 12.0 Å². The van der Waals surface area contributed by atoms with E-state index < -0.39 is 17.9 Å². The molecule has 1 aromatic rings. The van der Waals surface area contributed by atoms with Gasteiger partial charge in [-0.3, -0.25) is 9.59 Å². The first-order valence-electron chi connectivity index (χ1n) is 5.52. The highest BCUT2D eigenvalue weighted by Gasteiger charge is 2.27. The lowest BCUT2D eigenvalue weighted by Crippen LogP contribution is -2.26. The number of esters is 2. The number of aromatic hydroxyl groups is 1. The zero-order valence-corrected chi connectivity index (χ0v) is 10.7. The number of para-hydroxylation sites is 1. The van der Waals surface area contributed by atoms with Gasteiger partial charge >= 0.3 is 11.9 Å². The molecule has 0 spiro atoms. The number of ether oxygens (including phenoxy) is 2. The van der Waals surface area contributed by atoms with Crippen LogP contribution in [-0.2, 0) is 19.1 Å². The first-order valence-corrected chi connectivity index (χ1v) is 5.52. The van der Waals surface area contributed by atoms with Crippen LogP contribution in [0.5, 0.6) is 5.75 Å². The lowest BCUT2D eigenvalue weighted by molar-refractivity contribution is -0.158. The third kappa shape index (κ3) is 4.03. The molecule has 19 heavy (non-hydrogen) atoms. The molecule has 1 rings (SSSR count). The van der Waals surface area contributed by atoms with Crippen LogP contribution in [0.4, 0.5) is 0 Å². The molecule has 0 radical (unpaired) electrons. The van der Waals surface area contributed by atoms with Crippen molar-refractivity contribution < 1.29 is 24.2 Å². The lowest BCUT2D eigenvalue weighted by Gasteiger charge is -2.08. The van der Waals surface area contributed by atoms with Crippen LogP contribution < -0.4 is 0 Å². The predicted octanol–water partition coefficient (Wildman–Crippen LogP) is 1.10. The minimum Gasteiger partial charge on any atom is -0.507 e. The summed E-state index contributed by atoms with van der Waals surface area (Å²) in [7, 11) is 2.38. The first-order chi connectivity index (χ1) is 9.10. The summed E-state index contributed by atoms with van der Waals surface area (Å²) >= 11 is 0. The Labute approximate surface area is 111 Å². The van der Waals surface area contributed by atoms with E-state index in [0.717, 1.165) is 0 Å². The van der Waals surface area contributed by atoms with Gasteiger partial charge in [-0.05, 0) is 12.1 Å². The van der Waals surface area contributed by atoms with Gasteiger partial charge in [0.2, 0.25) is 0 Å². The Morgan fingerprint density at radius 2 is 1.79 bits per heavy atom. The van der Waals surface area contributed by atoms with Crippen LogP contribution in [0.25, 0.3) is 0 Å². The molecule has 0 unspecified atom stereocenters. The molecule has 1 N–H and O–H groups in total. The average Bonchev–Trinajstić information content (AvgIpc) is 2.44. The van der Waals surface area contributed by atoms with Gasteiger partial charge in [0.25, 0.3) is 0 Å². The van der Waals surface area contributed by atoms with E-state index in [1.165, 1.54) is 20.3 Å². The Hall–Kier alpha value is -2.48. The lowest BCUT2D eigenvalue weighted by atomic mass is 10.1. The van der Waals surface area contributed by atoms with Crippen molar-refractivity contribution in [1.29, 1.82) is 0 Å². The van der Waals surface area contributed by atoms with Crippen LogP contribution in [-0.4, -0.2) is 31.3 Å². The van der Waals surface area contributed by atoms with Gasteiger partial charge in [0.1, 0.15) is 5.75 Å². The molecule has 0 fully saturated rings. The number of phenols is 1. The van der Waals surface area contributed by atoms with Crippen LogP contribution >= 0.6 is 0 Å². The van der Waals surface area contributed by atoms with E-state index >= 15 is 0 Å². The van der Waals surface area contributed by atoms with Crippen molar-refractivity contribution in [3.05, 3.63) is 29.8 Å².